The summed E-state index contributed by atoms with van der Waals surface area (Å²) in [4.78, 5) is 2.08. The molecule has 0 saturated carbocycles. The van der Waals surface area contributed by atoms with Crippen molar-refractivity contribution in [2.24, 2.45) is 0 Å². The Balaban J connectivity index is 2.25. The first-order chi connectivity index (χ1) is 8.59. The molecule has 2 aromatic carbocycles. The second kappa shape index (κ2) is 5.63. The Morgan fingerprint density at radius 2 is 1.89 bits per heavy atom. The van der Waals surface area contributed by atoms with Gasteiger partial charge in [0, 0.05) is 18.1 Å². The van der Waals surface area contributed by atoms with E-state index in [2.05, 4.69) is 26.9 Å². The SMILES string of the molecule is CN(Cc1ccccc1Br)c1cccc(Cl)c1N. The molecule has 0 unspecified atom stereocenters. The fraction of sp³-hybridized carbons (Fsp3) is 0.143. The average Bonchev–Trinajstić information content (AvgIpc) is 2.35. The lowest BCUT2D eigenvalue weighted by Gasteiger charge is -2.22. The van der Waals surface area contributed by atoms with Crippen LogP contribution in [0.1, 0.15) is 5.56 Å². The Labute approximate surface area is 120 Å². The maximum atomic E-state index is 6.03. The van der Waals surface area contributed by atoms with Crippen LogP contribution in [0.25, 0.3) is 0 Å². The lowest BCUT2D eigenvalue weighted by atomic mass is 10.2. The van der Waals surface area contributed by atoms with Crippen LogP contribution < -0.4 is 10.6 Å². The van der Waals surface area contributed by atoms with Crippen molar-refractivity contribution >= 4 is 38.9 Å². The maximum absolute atomic E-state index is 6.03. The molecule has 94 valence electrons. The van der Waals surface area contributed by atoms with Gasteiger partial charge in [0.1, 0.15) is 0 Å². The van der Waals surface area contributed by atoms with Gasteiger partial charge in [-0.3, -0.25) is 0 Å². The summed E-state index contributed by atoms with van der Waals surface area (Å²) < 4.78 is 1.09. The second-order valence-electron chi connectivity index (χ2n) is 4.12. The van der Waals surface area contributed by atoms with Crippen LogP contribution in [0.4, 0.5) is 11.4 Å². The summed E-state index contributed by atoms with van der Waals surface area (Å²) in [6.45, 7) is 0.770. The molecule has 0 aliphatic carbocycles. The number of hydrogen-bond donors (Lipinski definition) is 1. The van der Waals surface area contributed by atoms with E-state index in [-0.39, 0.29) is 0 Å². The maximum Gasteiger partial charge on any atom is 0.0741 e. The molecule has 0 fully saturated rings. The van der Waals surface area contributed by atoms with Gasteiger partial charge in [0.05, 0.1) is 16.4 Å². The first-order valence-electron chi connectivity index (χ1n) is 5.58. The summed E-state index contributed by atoms with van der Waals surface area (Å²) in [7, 11) is 2.00. The summed E-state index contributed by atoms with van der Waals surface area (Å²) in [5.41, 5.74) is 8.76. The van der Waals surface area contributed by atoms with Crippen molar-refractivity contribution < 1.29 is 0 Å². The molecular weight excluding hydrogens is 312 g/mol. The molecule has 0 saturated heterocycles. The molecule has 0 radical (unpaired) electrons. The number of para-hydroxylation sites is 1. The van der Waals surface area contributed by atoms with Crippen LogP contribution in [-0.2, 0) is 6.54 Å². The van der Waals surface area contributed by atoms with Crippen molar-refractivity contribution in [1.82, 2.24) is 0 Å². The molecular formula is C14H14BrClN2. The zero-order valence-electron chi connectivity index (χ0n) is 10.0. The number of nitrogen functional groups attached to an aromatic ring is 1. The molecule has 0 atom stereocenters. The number of anilines is 2. The minimum absolute atomic E-state index is 0.589. The Bertz CT molecular complexity index is 557. The highest BCUT2D eigenvalue weighted by atomic mass is 79.9. The molecule has 2 rings (SSSR count). The van der Waals surface area contributed by atoms with E-state index in [0.717, 1.165) is 16.7 Å². The minimum atomic E-state index is 0.589. The van der Waals surface area contributed by atoms with Crippen LogP contribution in [0, 0.1) is 0 Å². The fourth-order valence-electron chi connectivity index (χ4n) is 1.83. The van der Waals surface area contributed by atoms with Gasteiger partial charge in [0.25, 0.3) is 0 Å². The zero-order valence-corrected chi connectivity index (χ0v) is 12.4. The third-order valence-corrected chi connectivity index (χ3v) is 3.91. The van der Waals surface area contributed by atoms with Crippen molar-refractivity contribution in [3.8, 4) is 0 Å². The highest BCUT2D eigenvalue weighted by molar-refractivity contribution is 9.10. The third kappa shape index (κ3) is 2.79. The van der Waals surface area contributed by atoms with Crippen LogP contribution >= 0.6 is 27.5 Å². The molecule has 0 amide bonds. The van der Waals surface area contributed by atoms with Gasteiger partial charge in [-0.05, 0) is 23.8 Å². The van der Waals surface area contributed by atoms with Gasteiger partial charge in [-0.2, -0.15) is 0 Å². The molecule has 2 aromatic rings. The number of nitrogens with zero attached hydrogens (tertiary/aromatic N) is 1. The Morgan fingerprint density at radius 3 is 2.61 bits per heavy atom. The van der Waals surface area contributed by atoms with Crippen molar-refractivity contribution in [2.75, 3.05) is 17.7 Å². The monoisotopic (exact) mass is 324 g/mol. The highest BCUT2D eigenvalue weighted by Gasteiger charge is 2.09. The van der Waals surface area contributed by atoms with E-state index in [1.807, 2.05) is 37.4 Å². The predicted molar refractivity (Wildman–Crippen MR) is 82.1 cm³/mol. The Hall–Kier alpha value is -1.19. The summed E-state index contributed by atoms with van der Waals surface area (Å²) in [6, 6.07) is 13.8. The van der Waals surface area contributed by atoms with Gasteiger partial charge in [0.15, 0.2) is 0 Å². The van der Waals surface area contributed by atoms with Gasteiger partial charge in [-0.15, -0.1) is 0 Å². The molecule has 0 aromatic heterocycles. The number of rotatable bonds is 3. The summed E-state index contributed by atoms with van der Waals surface area (Å²) in [5, 5.41) is 0.589. The van der Waals surface area contributed by atoms with Gasteiger partial charge in [0.2, 0.25) is 0 Å². The van der Waals surface area contributed by atoms with Crippen LogP contribution in [0.3, 0.4) is 0 Å². The zero-order chi connectivity index (χ0) is 13.1. The van der Waals surface area contributed by atoms with E-state index < -0.39 is 0 Å². The van der Waals surface area contributed by atoms with Crippen LogP contribution in [-0.4, -0.2) is 7.05 Å². The van der Waals surface area contributed by atoms with Gasteiger partial charge >= 0.3 is 0 Å². The van der Waals surface area contributed by atoms with Crippen molar-refractivity contribution in [2.45, 2.75) is 6.54 Å². The Kier molecular flexibility index (Phi) is 4.15. The molecule has 0 heterocycles. The largest absolute Gasteiger partial charge is 0.396 e. The number of nitrogens with two attached hydrogens (primary N) is 1. The first-order valence-corrected chi connectivity index (χ1v) is 6.75. The normalized spacial score (nSPS) is 10.4. The van der Waals surface area contributed by atoms with E-state index >= 15 is 0 Å². The van der Waals surface area contributed by atoms with Crippen molar-refractivity contribution in [3.63, 3.8) is 0 Å². The lowest BCUT2D eigenvalue weighted by molar-refractivity contribution is 0.920. The molecule has 0 bridgehead atoms. The third-order valence-electron chi connectivity index (χ3n) is 2.81. The lowest BCUT2D eigenvalue weighted by Crippen LogP contribution is -2.18. The molecule has 0 spiro atoms. The van der Waals surface area contributed by atoms with E-state index in [4.69, 9.17) is 17.3 Å². The van der Waals surface area contributed by atoms with Gasteiger partial charge in [-0.1, -0.05) is 51.8 Å². The van der Waals surface area contributed by atoms with Gasteiger partial charge < -0.3 is 10.6 Å². The van der Waals surface area contributed by atoms with Crippen molar-refractivity contribution in [3.05, 3.63) is 57.5 Å². The number of halogens is 2. The molecule has 4 heteroatoms. The van der Waals surface area contributed by atoms with Crippen LogP contribution in [0.2, 0.25) is 5.02 Å². The quantitative estimate of drug-likeness (QED) is 0.852. The van der Waals surface area contributed by atoms with Crippen LogP contribution in [0.15, 0.2) is 46.9 Å². The molecule has 2 nitrogen and oxygen atoms in total. The standard InChI is InChI=1S/C14H14BrClN2/c1-18(9-10-5-2-3-6-11(10)15)13-8-4-7-12(16)14(13)17/h2-8H,9,17H2,1H3. The smallest absolute Gasteiger partial charge is 0.0741 e. The predicted octanol–water partition coefficient (Wildman–Crippen LogP) is 4.32. The topological polar surface area (TPSA) is 29.3 Å². The molecule has 0 aliphatic rings. The van der Waals surface area contributed by atoms with E-state index in [0.29, 0.717) is 10.7 Å². The fourth-order valence-corrected chi connectivity index (χ4v) is 2.41. The second-order valence-corrected chi connectivity index (χ2v) is 5.38. The number of hydrogen-bond acceptors (Lipinski definition) is 2. The highest BCUT2D eigenvalue weighted by Crippen LogP contribution is 2.30. The molecule has 18 heavy (non-hydrogen) atoms. The Morgan fingerprint density at radius 1 is 1.17 bits per heavy atom. The van der Waals surface area contributed by atoms with E-state index in [1.165, 1.54) is 5.56 Å². The summed E-state index contributed by atoms with van der Waals surface area (Å²) in [6.07, 6.45) is 0. The average molecular weight is 326 g/mol. The first kappa shape index (κ1) is 13.2. The van der Waals surface area contributed by atoms with Crippen LogP contribution in [0.5, 0.6) is 0 Å². The summed E-state index contributed by atoms with van der Waals surface area (Å²) in [5.74, 6) is 0. The van der Waals surface area contributed by atoms with E-state index in [1.54, 1.807) is 6.07 Å². The van der Waals surface area contributed by atoms with E-state index in [9.17, 15) is 0 Å². The summed E-state index contributed by atoms with van der Waals surface area (Å²) >= 11 is 9.58. The number of benzene rings is 2. The molecule has 0 aliphatic heterocycles. The minimum Gasteiger partial charge on any atom is -0.396 e. The van der Waals surface area contributed by atoms with Gasteiger partial charge in [-0.25, -0.2) is 0 Å². The van der Waals surface area contributed by atoms with Crippen molar-refractivity contribution in [1.29, 1.82) is 0 Å². The molecule has 2 N–H and O–H groups in total.